The summed E-state index contributed by atoms with van der Waals surface area (Å²) < 4.78 is 0. The Morgan fingerprint density at radius 1 is 1.40 bits per heavy atom. The zero-order chi connectivity index (χ0) is 14.1. The van der Waals surface area contributed by atoms with E-state index in [9.17, 15) is 4.79 Å². The lowest BCUT2D eigenvalue weighted by atomic mass is 10.1. The molecule has 108 valence electrons. The lowest BCUT2D eigenvalue weighted by molar-refractivity contribution is 0.197. The van der Waals surface area contributed by atoms with E-state index in [-0.39, 0.29) is 6.03 Å². The molecule has 2 N–H and O–H groups in total. The van der Waals surface area contributed by atoms with Crippen molar-refractivity contribution in [3.05, 3.63) is 29.3 Å². The lowest BCUT2D eigenvalue weighted by Gasteiger charge is -2.38. The van der Waals surface area contributed by atoms with E-state index in [1.54, 1.807) is 0 Å². The van der Waals surface area contributed by atoms with E-state index in [0.717, 1.165) is 32.7 Å². The number of piperazine rings is 1. The van der Waals surface area contributed by atoms with Crippen LogP contribution in [0.1, 0.15) is 11.1 Å². The van der Waals surface area contributed by atoms with Gasteiger partial charge in [0.1, 0.15) is 0 Å². The van der Waals surface area contributed by atoms with Crippen LogP contribution in [0.15, 0.2) is 18.2 Å². The zero-order valence-corrected chi connectivity index (χ0v) is 12.1. The molecule has 20 heavy (non-hydrogen) atoms. The number of nitrogens with one attached hydrogen (secondary N) is 2. The summed E-state index contributed by atoms with van der Waals surface area (Å²) in [5, 5.41) is 6.17. The van der Waals surface area contributed by atoms with Gasteiger partial charge in [-0.05, 0) is 25.6 Å². The van der Waals surface area contributed by atoms with E-state index in [1.165, 1.54) is 16.8 Å². The van der Waals surface area contributed by atoms with E-state index in [1.807, 2.05) is 11.9 Å². The molecule has 1 aromatic carbocycles. The van der Waals surface area contributed by atoms with Crippen LogP contribution < -0.4 is 15.5 Å². The number of fused-ring (bicyclic) bond motifs is 1. The van der Waals surface area contributed by atoms with E-state index in [0.29, 0.717) is 6.04 Å². The SMILES string of the molecule is CNCc1cc(C)ccc1N1CCN2C(=O)NCC2C1. The molecule has 2 aliphatic rings. The van der Waals surface area contributed by atoms with Crippen molar-refractivity contribution in [3.63, 3.8) is 0 Å². The summed E-state index contributed by atoms with van der Waals surface area (Å²) in [4.78, 5) is 16.0. The summed E-state index contributed by atoms with van der Waals surface area (Å²) in [7, 11) is 1.98. The highest BCUT2D eigenvalue weighted by atomic mass is 16.2. The Bertz CT molecular complexity index is 517. The summed E-state index contributed by atoms with van der Waals surface area (Å²) in [6, 6.07) is 7.02. The Morgan fingerprint density at radius 2 is 2.25 bits per heavy atom. The van der Waals surface area contributed by atoms with Crippen LogP contribution in [0, 0.1) is 6.92 Å². The standard InChI is InChI=1S/C15H22N4O/c1-11-3-4-14(12(7-11)8-16-2)18-5-6-19-13(10-18)9-17-15(19)20/h3-4,7,13,16H,5-6,8-10H2,1-2H3,(H,17,20). The second-order valence-electron chi connectivity index (χ2n) is 5.64. The molecule has 0 aromatic heterocycles. The predicted molar refractivity (Wildman–Crippen MR) is 80.0 cm³/mol. The monoisotopic (exact) mass is 274 g/mol. The van der Waals surface area contributed by atoms with Gasteiger partial charge in [0.25, 0.3) is 0 Å². The van der Waals surface area contributed by atoms with Crippen LogP contribution in [0.2, 0.25) is 0 Å². The molecule has 1 unspecified atom stereocenters. The van der Waals surface area contributed by atoms with Crippen LogP contribution in [-0.2, 0) is 6.54 Å². The van der Waals surface area contributed by atoms with E-state index in [2.05, 4.69) is 40.7 Å². The molecule has 1 aromatic rings. The highest BCUT2D eigenvalue weighted by Crippen LogP contribution is 2.26. The molecular formula is C15H22N4O. The van der Waals surface area contributed by atoms with Crippen LogP contribution in [0.4, 0.5) is 10.5 Å². The summed E-state index contributed by atoms with van der Waals surface area (Å²) in [6.07, 6.45) is 0. The largest absolute Gasteiger partial charge is 0.367 e. The topological polar surface area (TPSA) is 47.6 Å². The van der Waals surface area contributed by atoms with Crippen molar-refractivity contribution in [1.82, 2.24) is 15.5 Å². The first kappa shape index (κ1) is 13.2. The van der Waals surface area contributed by atoms with Gasteiger partial charge < -0.3 is 20.4 Å². The minimum atomic E-state index is 0.0917. The highest BCUT2D eigenvalue weighted by molar-refractivity contribution is 5.77. The van der Waals surface area contributed by atoms with Gasteiger partial charge in [0.15, 0.2) is 0 Å². The number of amides is 2. The van der Waals surface area contributed by atoms with Crippen molar-refractivity contribution in [3.8, 4) is 0 Å². The Hall–Kier alpha value is -1.75. The minimum Gasteiger partial charge on any atom is -0.367 e. The van der Waals surface area contributed by atoms with E-state index < -0.39 is 0 Å². The van der Waals surface area contributed by atoms with Crippen LogP contribution in [0.5, 0.6) is 0 Å². The second-order valence-corrected chi connectivity index (χ2v) is 5.64. The maximum atomic E-state index is 11.7. The number of nitrogens with zero attached hydrogens (tertiary/aromatic N) is 2. The lowest BCUT2D eigenvalue weighted by Crippen LogP contribution is -2.52. The third kappa shape index (κ3) is 2.33. The molecule has 0 spiro atoms. The third-order valence-corrected chi connectivity index (χ3v) is 4.18. The number of hydrogen-bond acceptors (Lipinski definition) is 3. The fourth-order valence-corrected chi connectivity index (χ4v) is 3.18. The number of anilines is 1. The molecule has 2 saturated heterocycles. The molecule has 2 aliphatic heterocycles. The zero-order valence-electron chi connectivity index (χ0n) is 12.1. The van der Waals surface area contributed by atoms with Gasteiger partial charge >= 0.3 is 6.03 Å². The average Bonchev–Trinajstić information content (AvgIpc) is 2.80. The maximum absolute atomic E-state index is 11.7. The van der Waals surface area contributed by atoms with Gasteiger partial charge in [-0.3, -0.25) is 0 Å². The number of urea groups is 1. The molecule has 5 nitrogen and oxygen atoms in total. The van der Waals surface area contributed by atoms with Gasteiger partial charge in [-0.2, -0.15) is 0 Å². The molecule has 2 heterocycles. The van der Waals surface area contributed by atoms with Crippen molar-refractivity contribution >= 4 is 11.7 Å². The Morgan fingerprint density at radius 3 is 3.05 bits per heavy atom. The molecular weight excluding hydrogens is 252 g/mol. The van der Waals surface area contributed by atoms with Crippen LogP contribution in [0.3, 0.4) is 0 Å². The first-order valence-electron chi connectivity index (χ1n) is 7.22. The van der Waals surface area contributed by atoms with Gasteiger partial charge in [-0.15, -0.1) is 0 Å². The summed E-state index contributed by atoms with van der Waals surface area (Å²) >= 11 is 0. The highest BCUT2D eigenvalue weighted by Gasteiger charge is 2.35. The Kier molecular flexibility index (Phi) is 3.53. The predicted octanol–water partition coefficient (Wildman–Crippen LogP) is 0.928. The molecule has 0 bridgehead atoms. The van der Waals surface area contributed by atoms with Crippen molar-refractivity contribution < 1.29 is 4.79 Å². The molecule has 2 fully saturated rings. The first-order valence-corrected chi connectivity index (χ1v) is 7.22. The minimum absolute atomic E-state index is 0.0917. The van der Waals surface area contributed by atoms with Crippen molar-refractivity contribution in [1.29, 1.82) is 0 Å². The van der Waals surface area contributed by atoms with Gasteiger partial charge in [-0.1, -0.05) is 17.7 Å². The van der Waals surface area contributed by atoms with E-state index >= 15 is 0 Å². The molecule has 3 rings (SSSR count). The molecule has 2 amide bonds. The second kappa shape index (κ2) is 5.32. The quantitative estimate of drug-likeness (QED) is 0.862. The van der Waals surface area contributed by atoms with Gasteiger partial charge in [0.2, 0.25) is 0 Å². The summed E-state index contributed by atoms with van der Waals surface area (Å²) in [5.41, 5.74) is 3.91. The van der Waals surface area contributed by atoms with Crippen LogP contribution >= 0.6 is 0 Å². The number of carbonyl (C=O) groups excluding carboxylic acids is 1. The van der Waals surface area contributed by atoms with Crippen molar-refractivity contribution in [2.45, 2.75) is 19.5 Å². The Balaban J connectivity index is 1.81. The summed E-state index contributed by atoms with van der Waals surface area (Å²) in [6.45, 7) is 6.40. The van der Waals surface area contributed by atoms with Crippen molar-refractivity contribution in [2.24, 2.45) is 0 Å². The van der Waals surface area contributed by atoms with Gasteiger partial charge in [0, 0.05) is 38.4 Å². The fourth-order valence-electron chi connectivity index (χ4n) is 3.18. The van der Waals surface area contributed by atoms with Crippen LogP contribution in [-0.4, -0.2) is 50.2 Å². The van der Waals surface area contributed by atoms with Crippen LogP contribution in [0.25, 0.3) is 0 Å². The first-order chi connectivity index (χ1) is 9.69. The average molecular weight is 274 g/mol. The maximum Gasteiger partial charge on any atom is 0.317 e. The Labute approximate surface area is 119 Å². The number of aryl methyl sites for hydroxylation is 1. The molecule has 0 radical (unpaired) electrons. The van der Waals surface area contributed by atoms with E-state index in [4.69, 9.17) is 0 Å². The van der Waals surface area contributed by atoms with Crippen molar-refractivity contribution in [2.75, 3.05) is 38.1 Å². The summed E-state index contributed by atoms with van der Waals surface area (Å²) in [5.74, 6) is 0. The molecule has 0 saturated carbocycles. The molecule has 1 atom stereocenters. The number of hydrogen-bond donors (Lipinski definition) is 2. The normalized spacial score (nSPS) is 21.9. The third-order valence-electron chi connectivity index (χ3n) is 4.18. The van der Waals surface area contributed by atoms with Gasteiger partial charge in [-0.25, -0.2) is 4.79 Å². The number of benzene rings is 1. The fraction of sp³-hybridized carbons (Fsp3) is 0.533. The number of carbonyl (C=O) groups is 1. The molecule has 0 aliphatic carbocycles. The smallest absolute Gasteiger partial charge is 0.317 e. The van der Waals surface area contributed by atoms with Gasteiger partial charge in [0.05, 0.1) is 6.04 Å². The number of rotatable bonds is 3. The molecule has 5 heteroatoms.